The zero-order valence-corrected chi connectivity index (χ0v) is 18.0. The Morgan fingerprint density at radius 3 is 2.55 bits per heavy atom. The van der Waals surface area contributed by atoms with E-state index in [1.54, 1.807) is 0 Å². The first-order valence-electron chi connectivity index (χ1n) is 9.81. The van der Waals surface area contributed by atoms with Crippen molar-refractivity contribution in [2.75, 3.05) is 13.1 Å². The van der Waals surface area contributed by atoms with Gasteiger partial charge in [0.15, 0.2) is 10.7 Å². The number of thiazole rings is 1. The molecule has 3 aromatic heterocycles. The van der Waals surface area contributed by atoms with E-state index in [4.69, 9.17) is 4.74 Å². The van der Waals surface area contributed by atoms with Crippen molar-refractivity contribution < 1.29 is 9.53 Å². The van der Waals surface area contributed by atoms with Gasteiger partial charge in [-0.3, -0.25) is 9.20 Å². The molecule has 9 heteroatoms. The number of fused-ring (bicyclic) bond motifs is 1. The third-order valence-corrected chi connectivity index (χ3v) is 5.63. The summed E-state index contributed by atoms with van der Waals surface area (Å²) in [5.41, 5.74) is 3.27. The number of nitrogens with one attached hydrogen (secondary N) is 1. The van der Waals surface area contributed by atoms with Crippen LogP contribution in [-0.2, 0) is 17.8 Å². The van der Waals surface area contributed by atoms with Crippen LogP contribution in [0.1, 0.15) is 47.2 Å². The normalized spacial score (nSPS) is 19.8. The lowest BCUT2D eigenvalue weighted by molar-refractivity contribution is -0.0587. The SMILES string of the molecule is Cc1cc(C)nc(CNCc2c(C(=O)N3C[C@@H](C)O[C@@H](C)C3)nc3sccn23)n1. The monoisotopic (exact) mass is 414 g/mol. The van der Waals surface area contributed by atoms with Crippen LogP contribution in [-0.4, -0.2) is 55.5 Å². The van der Waals surface area contributed by atoms with E-state index < -0.39 is 0 Å². The molecule has 4 heterocycles. The van der Waals surface area contributed by atoms with E-state index in [1.807, 2.05) is 54.6 Å². The van der Waals surface area contributed by atoms with E-state index in [2.05, 4.69) is 20.3 Å². The number of carbonyl (C=O) groups is 1. The Labute approximate surface area is 173 Å². The topological polar surface area (TPSA) is 84.7 Å². The molecule has 1 aliphatic rings. The van der Waals surface area contributed by atoms with Gasteiger partial charge < -0.3 is 15.0 Å². The van der Waals surface area contributed by atoms with Gasteiger partial charge >= 0.3 is 0 Å². The van der Waals surface area contributed by atoms with E-state index in [0.29, 0.717) is 31.9 Å². The molecule has 0 spiro atoms. The first-order valence-corrected chi connectivity index (χ1v) is 10.7. The Balaban J connectivity index is 1.54. The molecule has 1 saturated heterocycles. The number of imidazole rings is 1. The van der Waals surface area contributed by atoms with Crippen molar-refractivity contribution in [3.63, 3.8) is 0 Å². The predicted octanol–water partition coefficient (Wildman–Crippen LogP) is 2.34. The third kappa shape index (κ3) is 4.31. The Morgan fingerprint density at radius 2 is 1.86 bits per heavy atom. The second kappa shape index (κ2) is 8.17. The molecule has 4 rings (SSSR count). The molecule has 0 unspecified atom stereocenters. The van der Waals surface area contributed by atoms with Crippen molar-refractivity contribution in [3.8, 4) is 0 Å². The molecule has 0 radical (unpaired) electrons. The Kier molecular flexibility index (Phi) is 5.62. The van der Waals surface area contributed by atoms with Crippen LogP contribution in [0.3, 0.4) is 0 Å². The summed E-state index contributed by atoms with van der Waals surface area (Å²) >= 11 is 1.53. The number of aryl methyl sites for hydroxylation is 2. The fourth-order valence-corrected chi connectivity index (χ4v) is 4.57. The summed E-state index contributed by atoms with van der Waals surface area (Å²) in [5.74, 6) is 0.708. The molecule has 2 atom stereocenters. The van der Waals surface area contributed by atoms with E-state index in [1.165, 1.54) is 11.3 Å². The van der Waals surface area contributed by atoms with Crippen LogP contribution in [0, 0.1) is 13.8 Å². The largest absolute Gasteiger partial charge is 0.372 e. The molecule has 0 aliphatic carbocycles. The third-order valence-electron chi connectivity index (χ3n) is 4.87. The van der Waals surface area contributed by atoms with E-state index in [-0.39, 0.29) is 18.1 Å². The minimum Gasteiger partial charge on any atom is -0.372 e. The second-order valence-corrected chi connectivity index (χ2v) is 8.47. The minimum atomic E-state index is -0.0395. The Bertz CT molecular complexity index is 999. The van der Waals surface area contributed by atoms with Crippen molar-refractivity contribution in [2.24, 2.45) is 0 Å². The van der Waals surface area contributed by atoms with Crippen LogP contribution >= 0.6 is 11.3 Å². The average Bonchev–Trinajstić information content (AvgIpc) is 3.21. The molecule has 1 amide bonds. The van der Waals surface area contributed by atoms with E-state index in [9.17, 15) is 4.79 Å². The number of amides is 1. The number of rotatable bonds is 5. The van der Waals surface area contributed by atoms with Crippen molar-refractivity contribution >= 4 is 22.2 Å². The summed E-state index contributed by atoms with van der Waals surface area (Å²) < 4.78 is 7.75. The maximum absolute atomic E-state index is 13.2. The van der Waals surface area contributed by atoms with Crippen LogP contribution in [0.2, 0.25) is 0 Å². The molecule has 3 aromatic rings. The predicted molar refractivity (Wildman–Crippen MR) is 111 cm³/mol. The summed E-state index contributed by atoms with van der Waals surface area (Å²) in [6.07, 6.45) is 2.00. The van der Waals surface area contributed by atoms with Gasteiger partial charge in [-0.25, -0.2) is 15.0 Å². The van der Waals surface area contributed by atoms with Crippen molar-refractivity contribution in [3.05, 3.63) is 46.2 Å². The number of morpholine rings is 1. The van der Waals surface area contributed by atoms with Gasteiger partial charge in [-0.05, 0) is 33.8 Å². The lowest BCUT2D eigenvalue weighted by Gasteiger charge is -2.35. The summed E-state index contributed by atoms with van der Waals surface area (Å²) in [5, 5.41) is 5.36. The minimum absolute atomic E-state index is 0.0229. The maximum atomic E-state index is 13.2. The van der Waals surface area contributed by atoms with Gasteiger partial charge in [-0.15, -0.1) is 11.3 Å². The van der Waals surface area contributed by atoms with Crippen LogP contribution in [0.15, 0.2) is 17.6 Å². The van der Waals surface area contributed by atoms with Gasteiger partial charge in [0.05, 0.1) is 24.4 Å². The number of ether oxygens (including phenoxy) is 1. The number of carbonyl (C=O) groups excluding carboxylic acids is 1. The van der Waals surface area contributed by atoms with Gasteiger partial charge in [-0.2, -0.15) is 0 Å². The fraction of sp³-hybridized carbons (Fsp3) is 0.500. The van der Waals surface area contributed by atoms with Crippen LogP contribution in [0.4, 0.5) is 0 Å². The lowest BCUT2D eigenvalue weighted by Crippen LogP contribution is -2.48. The average molecular weight is 415 g/mol. The molecule has 0 saturated carbocycles. The van der Waals surface area contributed by atoms with E-state index in [0.717, 1.165) is 27.9 Å². The quantitative estimate of drug-likeness (QED) is 0.690. The van der Waals surface area contributed by atoms with Crippen molar-refractivity contribution in [1.82, 2.24) is 29.6 Å². The number of hydrogen-bond acceptors (Lipinski definition) is 7. The first kappa shape index (κ1) is 19.9. The fourth-order valence-electron chi connectivity index (χ4n) is 3.84. The van der Waals surface area contributed by atoms with E-state index >= 15 is 0 Å². The van der Waals surface area contributed by atoms with Crippen LogP contribution in [0.5, 0.6) is 0 Å². The summed E-state index contributed by atoms with van der Waals surface area (Å²) in [6.45, 7) is 10.1. The van der Waals surface area contributed by atoms with Gasteiger partial charge in [-0.1, -0.05) is 0 Å². The molecule has 1 N–H and O–H groups in total. The number of aromatic nitrogens is 4. The molecular formula is C20H26N6O2S. The number of hydrogen-bond donors (Lipinski definition) is 1. The Morgan fingerprint density at radius 1 is 1.17 bits per heavy atom. The van der Waals surface area contributed by atoms with Gasteiger partial charge in [0.25, 0.3) is 5.91 Å². The van der Waals surface area contributed by atoms with Gasteiger partial charge in [0.1, 0.15) is 5.82 Å². The highest BCUT2D eigenvalue weighted by atomic mass is 32.1. The molecular weight excluding hydrogens is 388 g/mol. The molecule has 0 aromatic carbocycles. The van der Waals surface area contributed by atoms with Gasteiger partial charge in [0, 0.05) is 42.6 Å². The maximum Gasteiger partial charge on any atom is 0.274 e. The highest BCUT2D eigenvalue weighted by Crippen LogP contribution is 2.21. The van der Waals surface area contributed by atoms with Crippen LogP contribution in [0.25, 0.3) is 4.96 Å². The molecule has 0 bridgehead atoms. The van der Waals surface area contributed by atoms with Gasteiger partial charge in [0.2, 0.25) is 0 Å². The van der Waals surface area contributed by atoms with Crippen molar-refractivity contribution in [1.29, 1.82) is 0 Å². The zero-order chi connectivity index (χ0) is 20.5. The lowest BCUT2D eigenvalue weighted by atomic mass is 10.2. The first-order chi connectivity index (χ1) is 13.9. The molecule has 1 fully saturated rings. The molecule has 29 heavy (non-hydrogen) atoms. The summed E-state index contributed by atoms with van der Waals surface area (Å²) in [6, 6.07) is 1.95. The summed E-state index contributed by atoms with van der Waals surface area (Å²) in [4.78, 5) is 29.5. The molecule has 154 valence electrons. The highest BCUT2D eigenvalue weighted by molar-refractivity contribution is 7.15. The summed E-state index contributed by atoms with van der Waals surface area (Å²) in [7, 11) is 0. The standard InChI is InChI=1S/C20H26N6O2S/c1-12-7-13(2)23-17(22-12)9-21-8-16-18(24-20-26(16)5-6-29-20)19(27)25-10-14(3)28-15(4)11-25/h5-7,14-15,21H,8-11H2,1-4H3/t14-,15+. The Hall–Kier alpha value is -2.36. The van der Waals surface area contributed by atoms with Crippen molar-refractivity contribution in [2.45, 2.75) is 53.0 Å². The zero-order valence-electron chi connectivity index (χ0n) is 17.2. The molecule has 8 nitrogen and oxygen atoms in total. The molecule has 1 aliphatic heterocycles. The number of nitrogens with zero attached hydrogens (tertiary/aromatic N) is 5. The smallest absolute Gasteiger partial charge is 0.274 e. The highest BCUT2D eigenvalue weighted by Gasteiger charge is 2.30. The van der Waals surface area contributed by atoms with Crippen LogP contribution < -0.4 is 5.32 Å². The second-order valence-electron chi connectivity index (χ2n) is 7.60.